The summed E-state index contributed by atoms with van der Waals surface area (Å²) in [5.74, 6) is 0. The van der Waals surface area contributed by atoms with Crippen molar-refractivity contribution < 1.29 is 4.92 Å². The molecule has 0 bridgehead atoms. The molecular weight excluding hydrogens is 196 g/mol. The van der Waals surface area contributed by atoms with E-state index in [9.17, 15) is 10.1 Å². The Balaban J connectivity index is 2.72. The van der Waals surface area contributed by atoms with Crippen molar-refractivity contribution in [2.75, 3.05) is 11.9 Å². The number of nitrogens with two attached hydrogens (primary N) is 1. The van der Waals surface area contributed by atoms with Gasteiger partial charge in [-0.05, 0) is 12.5 Å². The zero-order chi connectivity index (χ0) is 11.3. The molecule has 1 atom stereocenters. The molecule has 0 aromatic carbocycles. The summed E-state index contributed by atoms with van der Waals surface area (Å²) < 4.78 is 0. The topological polar surface area (TPSA) is 94.1 Å². The highest BCUT2D eigenvalue weighted by atomic mass is 16.6. The lowest BCUT2D eigenvalue weighted by Gasteiger charge is -2.10. The number of hydrogen-bond acceptors (Lipinski definition) is 5. The van der Waals surface area contributed by atoms with Crippen LogP contribution in [0.5, 0.6) is 0 Å². The monoisotopic (exact) mass is 210 g/mol. The van der Waals surface area contributed by atoms with Crippen molar-refractivity contribution in [3.8, 4) is 0 Å². The van der Waals surface area contributed by atoms with Gasteiger partial charge in [-0.25, -0.2) is 0 Å². The second kappa shape index (κ2) is 5.26. The number of nitrogens with one attached hydrogen (secondary N) is 1. The Hall–Kier alpha value is -1.69. The van der Waals surface area contributed by atoms with E-state index in [0.29, 0.717) is 12.2 Å². The maximum Gasteiger partial charge on any atom is 0.310 e. The maximum atomic E-state index is 10.6. The van der Waals surface area contributed by atoms with Crippen LogP contribution >= 0.6 is 0 Å². The summed E-state index contributed by atoms with van der Waals surface area (Å²) in [5, 5.41) is 13.6. The minimum absolute atomic E-state index is 0.00207. The van der Waals surface area contributed by atoms with Gasteiger partial charge >= 0.3 is 5.69 Å². The SMILES string of the molecule is CCC(N)CNc1ccncc1[N+](=O)[O-]. The van der Waals surface area contributed by atoms with Crippen LogP contribution < -0.4 is 11.1 Å². The molecule has 0 aliphatic rings. The third-order valence-electron chi connectivity index (χ3n) is 2.08. The fourth-order valence-electron chi connectivity index (χ4n) is 1.07. The molecule has 1 heterocycles. The van der Waals surface area contributed by atoms with E-state index < -0.39 is 4.92 Å². The third kappa shape index (κ3) is 3.17. The summed E-state index contributed by atoms with van der Waals surface area (Å²) in [5.41, 5.74) is 6.13. The molecule has 6 heteroatoms. The maximum absolute atomic E-state index is 10.6. The van der Waals surface area contributed by atoms with E-state index in [1.165, 1.54) is 12.4 Å². The van der Waals surface area contributed by atoms with Gasteiger partial charge in [0.2, 0.25) is 0 Å². The normalized spacial score (nSPS) is 12.1. The second-order valence-corrected chi connectivity index (χ2v) is 3.20. The van der Waals surface area contributed by atoms with Gasteiger partial charge in [-0.2, -0.15) is 0 Å². The van der Waals surface area contributed by atoms with Crippen molar-refractivity contribution in [2.24, 2.45) is 5.73 Å². The summed E-state index contributed by atoms with van der Waals surface area (Å²) in [4.78, 5) is 13.9. The van der Waals surface area contributed by atoms with Crippen LogP contribution in [0, 0.1) is 10.1 Å². The molecule has 3 N–H and O–H groups in total. The highest BCUT2D eigenvalue weighted by Crippen LogP contribution is 2.21. The molecule has 1 rings (SSSR count). The Morgan fingerprint density at radius 2 is 2.47 bits per heavy atom. The van der Waals surface area contributed by atoms with Gasteiger partial charge in [0.05, 0.1) is 4.92 Å². The van der Waals surface area contributed by atoms with E-state index in [-0.39, 0.29) is 11.7 Å². The second-order valence-electron chi connectivity index (χ2n) is 3.20. The van der Waals surface area contributed by atoms with Gasteiger partial charge < -0.3 is 11.1 Å². The van der Waals surface area contributed by atoms with Crippen LogP contribution in [0.1, 0.15) is 13.3 Å². The van der Waals surface area contributed by atoms with Crippen LogP contribution in [-0.4, -0.2) is 22.5 Å². The summed E-state index contributed by atoms with van der Waals surface area (Å²) in [6, 6.07) is 1.57. The van der Waals surface area contributed by atoms with Crippen molar-refractivity contribution in [1.82, 2.24) is 4.98 Å². The van der Waals surface area contributed by atoms with Gasteiger partial charge in [0.25, 0.3) is 0 Å². The molecule has 0 saturated carbocycles. The predicted molar refractivity (Wildman–Crippen MR) is 57.6 cm³/mol. The first-order valence-corrected chi connectivity index (χ1v) is 4.73. The number of nitro groups is 1. The molecule has 15 heavy (non-hydrogen) atoms. The molecule has 82 valence electrons. The zero-order valence-corrected chi connectivity index (χ0v) is 8.51. The molecule has 6 nitrogen and oxygen atoms in total. The quantitative estimate of drug-likeness (QED) is 0.561. The van der Waals surface area contributed by atoms with Gasteiger partial charge in [0, 0.05) is 18.8 Å². The largest absolute Gasteiger partial charge is 0.378 e. The lowest BCUT2D eigenvalue weighted by atomic mass is 10.2. The highest BCUT2D eigenvalue weighted by molar-refractivity contribution is 5.59. The molecule has 0 fully saturated rings. The first kappa shape index (κ1) is 11.4. The number of pyridine rings is 1. The highest BCUT2D eigenvalue weighted by Gasteiger charge is 2.13. The minimum atomic E-state index is -0.465. The van der Waals surface area contributed by atoms with E-state index in [1.807, 2.05) is 6.92 Å². The van der Waals surface area contributed by atoms with Crippen molar-refractivity contribution in [3.05, 3.63) is 28.6 Å². The number of nitrogens with zero attached hydrogens (tertiary/aromatic N) is 2. The van der Waals surface area contributed by atoms with Gasteiger partial charge in [-0.15, -0.1) is 0 Å². The van der Waals surface area contributed by atoms with Crippen molar-refractivity contribution in [2.45, 2.75) is 19.4 Å². The summed E-state index contributed by atoms with van der Waals surface area (Å²) in [6.07, 6.45) is 3.55. The Morgan fingerprint density at radius 3 is 3.07 bits per heavy atom. The molecular formula is C9H14N4O2. The Labute approximate surface area is 87.7 Å². The van der Waals surface area contributed by atoms with Gasteiger partial charge in [0.15, 0.2) is 0 Å². The zero-order valence-electron chi connectivity index (χ0n) is 8.51. The van der Waals surface area contributed by atoms with Crippen LogP contribution in [0.15, 0.2) is 18.5 Å². The standard InChI is InChI=1S/C9H14N4O2/c1-2-7(10)5-12-8-3-4-11-6-9(8)13(14)15/h3-4,6-7H,2,5,10H2,1H3,(H,11,12). The Morgan fingerprint density at radius 1 is 1.73 bits per heavy atom. The average molecular weight is 210 g/mol. The van der Waals surface area contributed by atoms with Crippen LogP contribution in [-0.2, 0) is 0 Å². The van der Waals surface area contributed by atoms with Gasteiger partial charge in [-0.3, -0.25) is 15.1 Å². The molecule has 1 aromatic heterocycles. The number of hydrogen-bond donors (Lipinski definition) is 2. The Bertz CT molecular complexity index is 343. The third-order valence-corrected chi connectivity index (χ3v) is 2.08. The lowest BCUT2D eigenvalue weighted by Crippen LogP contribution is -2.28. The van der Waals surface area contributed by atoms with Crippen LogP contribution in [0.3, 0.4) is 0 Å². The first-order valence-electron chi connectivity index (χ1n) is 4.73. The van der Waals surface area contributed by atoms with E-state index >= 15 is 0 Å². The summed E-state index contributed by atoms with van der Waals surface area (Å²) in [6.45, 7) is 2.48. The number of aromatic nitrogens is 1. The lowest BCUT2D eigenvalue weighted by molar-refractivity contribution is -0.384. The molecule has 0 saturated heterocycles. The van der Waals surface area contributed by atoms with Gasteiger partial charge in [0.1, 0.15) is 11.9 Å². The fourth-order valence-corrected chi connectivity index (χ4v) is 1.07. The van der Waals surface area contributed by atoms with Crippen LogP contribution in [0.2, 0.25) is 0 Å². The van der Waals surface area contributed by atoms with E-state index in [1.54, 1.807) is 6.07 Å². The van der Waals surface area contributed by atoms with E-state index in [0.717, 1.165) is 6.42 Å². The van der Waals surface area contributed by atoms with Crippen molar-refractivity contribution in [1.29, 1.82) is 0 Å². The van der Waals surface area contributed by atoms with Crippen LogP contribution in [0.4, 0.5) is 11.4 Å². The molecule has 0 radical (unpaired) electrons. The van der Waals surface area contributed by atoms with Crippen LogP contribution in [0.25, 0.3) is 0 Å². The number of rotatable bonds is 5. The molecule has 0 spiro atoms. The smallest absolute Gasteiger partial charge is 0.310 e. The molecule has 0 aliphatic carbocycles. The predicted octanol–water partition coefficient (Wildman–Crippen LogP) is 1.14. The fraction of sp³-hybridized carbons (Fsp3) is 0.444. The minimum Gasteiger partial charge on any atom is -0.378 e. The molecule has 1 unspecified atom stereocenters. The first-order chi connectivity index (χ1) is 7.15. The Kier molecular flexibility index (Phi) is 3.99. The number of anilines is 1. The van der Waals surface area contributed by atoms with Gasteiger partial charge in [-0.1, -0.05) is 6.92 Å². The molecule has 1 aromatic rings. The van der Waals surface area contributed by atoms with E-state index in [4.69, 9.17) is 5.73 Å². The molecule has 0 aliphatic heterocycles. The van der Waals surface area contributed by atoms with Crippen molar-refractivity contribution in [3.63, 3.8) is 0 Å². The molecule has 0 amide bonds. The van der Waals surface area contributed by atoms with Crippen molar-refractivity contribution >= 4 is 11.4 Å². The summed E-state index contributed by atoms with van der Waals surface area (Å²) in [7, 11) is 0. The average Bonchev–Trinajstić information content (AvgIpc) is 2.26. The summed E-state index contributed by atoms with van der Waals surface area (Å²) >= 11 is 0. The van der Waals surface area contributed by atoms with E-state index in [2.05, 4.69) is 10.3 Å².